The Kier molecular flexibility index (Phi) is 6.22. The van der Waals surface area contributed by atoms with Crippen LogP contribution in [0.1, 0.15) is 45.0 Å². The van der Waals surface area contributed by atoms with E-state index in [0.717, 1.165) is 29.0 Å². The zero-order chi connectivity index (χ0) is 22.9. The maximum atomic E-state index is 13.2. The summed E-state index contributed by atoms with van der Waals surface area (Å²) in [5, 5.41) is 9.72. The van der Waals surface area contributed by atoms with Gasteiger partial charge in [-0.15, -0.1) is 11.3 Å². The molecule has 0 aliphatic carbocycles. The van der Waals surface area contributed by atoms with Crippen LogP contribution >= 0.6 is 11.3 Å². The molecule has 31 heavy (non-hydrogen) atoms. The molecule has 0 spiro atoms. The van der Waals surface area contributed by atoms with Gasteiger partial charge >= 0.3 is 12.1 Å². The molecule has 0 saturated heterocycles. The maximum absolute atomic E-state index is 13.2. The number of aromatic carboxylic acids is 1. The van der Waals surface area contributed by atoms with E-state index in [1.165, 1.54) is 23.1 Å². The van der Waals surface area contributed by atoms with Crippen LogP contribution in [0, 0.1) is 6.92 Å². The number of amides is 1. The fourth-order valence-electron chi connectivity index (χ4n) is 3.16. The van der Waals surface area contributed by atoms with Crippen LogP contribution < -0.4 is 4.90 Å². The molecule has 8 heteroatoms. The Labute approximate surface area is 181 Å². The van der Waals surface area contributed by atoms with Crippen molar-refractivity contribution in [2.75, 3.05) is 4.90 Å². The van der Waals surface area contributed by atoms with Gasteiger partial charge in [-0.05, 0) is 56.7 Å². The standard InChI is InChI=1S/C23H20F3NO3S/c1-13(2)27(21(28)15-9-7-14(3)8-10-15)18-12-19(31-20(18)22(29)30)16-5-4-6-17(11-16)23(24,25)26/h4-13H,1-3H3,(H,29,30). The first kappa shape index (κ1) is 22.6. The van der Waals surface area contributed by atoms with Gasteiger partial charge in [0, 0.05) is 16.5 Å². The first-order chi connectivity index (χ1) is 14.5. The highest BCUT2D eigenvalue weighted by molar-refractivity contribution is 7.18. The third-order valence-electron chi connectivity index (χ3n) is 4.67. The molecule has 4 nitrogen and oxygen atoms in total. The number of carboxylic acids is 1. The number of rotatable bonds is 5. The number of nitrogens with zero attached hydrogens (tertiary/aromatic N) is 1. The van der Waals surface area contributed by atoms with Crippen molar-refractivity contribution in [2.45, 2.75) is 33.0 Å². The highest BCUT2D eigenvalue weighted by atomic mass is 32.1. The highest BCUT2D eigenvalue weighted by Crippen LogP contribution is 2.40. The van der Waals surface area contributed by atoms with Gasteiger partial charge in [-0.3, -0.25) is 4.79 Å². The molecular formula is C23H20F3NO3S. The van der Waals surface area contributed by atoms with E-state index in [1.807, 2.05) is 6.92 Å². The molecule has 162 valence electrons. The van der Waals surface area contributed by atoms with Crippen molar-refractivity contribution in [1.29, 1.82) is 0 Å². The minimum absolute atomic E-state index is 0.110. The first-order valence-corrected chi connectivity index (χ1v) is 10.3. The molecule has 2 aromatic carbocycles. The molecule has 3 rings (SSSR count). The maximum Gasteiger partial charge on any atom is 0.416 e. The Morgan fingerprint density at radius 3 is 2.23 bits per heavy atom. The summed E-state index contributed by atoms with van der Waals surface area (Å²) in [5.41, 5.74) is 0.933. The molecular weight excluding hydrogens is 427 g/mol. The van der Waals surface area contributed by atoms with Crippen LogP contribution in [0.25, 0.3) is 10.4 Å². The molecule has 0 unspecified atom stereocenters. The van der Waals surface area contributed by atoms with E-state index in [9.17, 15) is 27.9 Å². The van der Waals surface area contributed by atoms with Crippen molar-refractivity contribution in [1.82, 2.24) is 0 Å². The number of anilines is 1. The Morgan fingerprint density at radius 2 is 1.68 bits per heavy atom. The van der Waals surface area contributed by atoms with E-state index >= 15 is 0 Å². The molecule has 1 N–H and O–H groups in total. The van der Waals surface area contributed by atoms with Gasteiger partial charge in [0.05, 0.1) is 11.3 Å². The molecule has 1 aromatic heterocycles. The van der Waals surface area contributed by atoms with Gasteiger partial charge in [0.15, 0.2) is 0 Å². The summed E-state index contributed by atoms with van der Waals surface area (Å²) in [6, 6.07) is 12.7. The summed E-state index contributed by atoms with van der Waals surface area (Å²) in [4.78, 5) is 26.7. The lowest BCUT2D eigenvalue weighted by atomic mass is 10.1. The summed E-state index contributed by atoms with van der Waals surface area (Å²) in [6.45, 7) is 5.38. The number of thiophene rings is 1. The van der Waals surface area contributed by atoms with Crippen molar-refractivity contribution in [3.63, 3.8) is 0 Å². The van der Waals surface area contributed by atoms with E-state index < -0.39 is 17.7 Å². The van der Waals surface area contributed by atoms with E-state index in [1.54, 1.807) is 38.1 Å². The lowest BCUT2D eigenvalue weighted by Gasteiger charge is -2.26. The molecule has 0 fully saturated rings. The topological polar surface area (TPSA) is 57.6 Å². The third kappa shape index (κ3) is 4.80. The Balaban J connectivity index is 2.11. The van der Waals surface area contributed by atoms with Crippen LogP contribution in [0.3, 0.4) is 0 Å². The Hall–Kier alpha value is -3.13. The number of halogens is 3. The second-order valence-corrected chi connectivity index (χ2v) is 8.40. The molecule has 0 aliphatic heterocycles. The molecule has 0 radical (unpaired) electrons. The molecule has 1 amide bonds. The smallest absolute Gasteiger partial charge is 0.416 e. The zero-order valence-electron chi connectivity index (χ0n) is 17.0. The Morgan fingerprint density at radius 1 is 1.03 bits per heavy atom. The lowest BCUT2D eigenvalue weighted by Crippen LogP contribution is -2.37. The van der Waals surface area contributed by atoms with E-state index in [4.69, 9.17) is 0 Å². The fraction of sp³-hybridized carbons (Fsp3) is 0.217. The van der Waals surface area contributed by atoms with Crippen LogP contribution in [0.2, 0.25) is 0 Å². The number of carbonyl (C=O) groups is 2. The molecule has 0 saturated carbocycles. The second-order valence-electron chi connectivity index (χ2n) is 7.34. The minimum Gasteiger partial charge on any atom is -0.477 e. The van der Waals surface area contributed by atoms with E-state index in [2.05, 4.69) is 0 Å². The van der Waals surface area contributed by atoms with Crippen LogP contribution in [0.15, 0.2) is 54.6 Å². The third-order valence-corrected chi connectivity index (χ3v) is 5.84. The number of alkyl halides is 3. The minimum atomic E-state index is -4.52. The summed E-state index contributed by atoms with van der Waals surface area (Å²) < 4.78 is 39.3. The normalized spacial score (nSPS) is 11.6. The van der Waals surface area contributed by atoms with Crippen molar-refractivity contribution >= 4 is 28.9 Å². The largest absolute Gasteiger partial charge is 0.477 e. The van der Waals surface area contributed by atoms with Gasteiger partial charge in [-0.1, -0.05) is 29.8 Å². The second kappa shape index (κ2) is 8.55. The average Bonchev–Trinajstić information content (AvgIpc) is 3.13. The molecule has 0 bridgehead atoms. The van der Waals surface area contributed by atoms with Gasteiger partial charge in [0.25, 0.3) is 5.91 Å². The van der Waals surface area contributed by atoms with Crippen molar-refractivity contribution in [3.8, 4) is 10.4 Å². The number of carboxylic acid groups (broad SMARTS) is 1. The Bertz CT molecular complexity index is 1120. The predicted molar refractivity (Wildman–Crippen MR) is 115 cm³/mol. The van der Waals surface area contributed by atoms with Crippen molar-refractivity contribution in [3.05, 3.63) is 76.2 Å². The quantitative estimate of drug-likeness (QED) is 0.486. The zero-order valence-corrected chi connectivity index (χ0v) is 17.8. The average molecular weight is 447 g/mol. The molecule has 0 aliphatic rings. The number of carbonyl (C=O) groups excluding carboxylic acids is 1. The number of aryl methyl sites for hydroxylation is 1. The van der Waals surface area contributed by atoms with Gasteiger partial charge in [0.2, 0.25) is 0 Å². The summed E-state index contributed by atoms with van der Waals surface area (Å²) in [5.74, 6) is -1.63. The predicted octanol–water partition coefficient (Wildman–Crippen LogP) is 6.50. The van der Waals surface area contributed by atoms with Crippen LogP contribution in [0.5, 0.6) is 0 Å². The van der Waals surface area contributed by atoms with Crippen molar-refractivity contribution in [2.24, 2.45) is 0 Å². The SMILES string of the molecule is Cc1ccc(C(=O)N(c2cc(-c3cccc(C(F)(F)F)c3)sc2C(=O)O)C(C)C)cc1. The summed E-state index contributed by atoms with van der Waals surface area (Å²) in [6.07, 6.45) is -4.52. The van der Waals surface area contributed by atoms with Crippen LogP contribution in [-0.2, 0) is 6.18 Å². The summed E-state index contributed by atoms with van der Waals surface area (Å²) >= 11 is 0.840. The number of hydrogen-bond donors (Lipinski definition) is 1. The fourth-order valence-corrected chi connectivity index (χ4v) is 4.15. The van der Waals surface area contributed by atoms with E-state index in [-0.39, 0.29) is 28.1 Å². The number of hydrogen-bond acceptors (Lipinski definition) is 3. The highest BCUT2D eigenvalue weighted by Gasteiger charge is 2.32. The van der Waals surface area contributed by atoms with Gasteiger partial charge in [-0.25, -0.2) is 4.79 Å². The molecule has 3 aromatic rings. The lowest BCUT2D eigenvalue weighted by molar-refractivity contribution is -0.137. The van der Waals surface area contributed by atoms with Crippen LogP contribution in [0.4, 0.5) is 18.9 Å². The number of benzene rings is 2. The van der Waals surface area contributed by atoms with Crippen molar-refractivity contribution < 1.29 is 27.9 Å². The van der Waals surface area contributed by atoms with Gasteiger partial charge < -0.3 is 10.0 Å². The molecule has 0 atom stereocenters. The van der Waals surface area contributed by atoms with Gasteiger partial charge in [-0.2, -0.15) is 13.2 Å². The monoisotopic (exact) mass is 447 g/mol. The van der Waals surface area contributed by atoms with Gasteiger partial charge in [0.1, 0.15) is 4.88 Å². The summed E-state index contributed by atoms with van der Waals surface area (Å²) in [7, 11) is 0. The molecule has 1 heterocycles. The van der Waals surface area contributed by atoms with E-state index in [0.29, 0.717) is 10.4 Å². The van der Waals surface area contributed by atoms with Crippen LogP contribution in [-0.4, -0.2) is 23.0 Å². The first-order valence-electron chi connectivity index (χ1n) is 9.44.